The molecular weight excluding hydrogens is 308 g/mol. The number of aromatic nitrogens is 2. The van der Waals surface area contributed by atoms with E-state index in [9.17, 15) is 13.6 Å². The maximum absolute atomic E-state index is 13.6. The maximum atomic E-state index is 13.6. The molecule has 2 aromatic rings. The summed E-state index contributed by atoms with van der Waals surface area (Å²) in [7, 11) is 0. The van der Waals surface area contributed by atoms with Crippen LogP contribution in [0.1, 0.15) is 29.4 Å². The van der Waals surface area contributed by atoms with Gasteiger partial charge in [0.2, 0.25) is 0 Å². The highest BCUT2D eigenvalue weighted by Gasteiger charge is 2.16. The number of halogens is 2. The van der Waals surface area contributed by atoms with Gasteiger partial charge in [0, 0.05) is 12.3 Å². The molecule has 0 aliphatic carbocycles. The lowest BCUT2D eigenvalue weighted by molar-refractivity contribution is 0.102. The molecule has 0 bridgehead atoms. The first-order valence-corrected chi connectivity index (χ1v) is 7.94. The predicted molar refractivity (Wildman–Crippen MR) is 82.1 cm³/mol. The smallest absolute Gasteiger partial charge is 0.259 e. The molecule has 0 saturated carbocycles. The molecule has 1 heterocycles. The van der Waals surface area contributed by atoms with Crippen LogP contribution in [0.3, 0.4) is 0 Å². The average Bonchev–Trinajstić information content (AvgIpc) is 2.50. The molecule has 7 heteroatoms. The first-order chi connectivity index (χ1) is 10.5. The van der Waals surface area contributed by atoms with E-state index in [0.717, 1.165) is 18.6 Å². The number of hydrogen-bond acceptors (Lipinski definition) is 4. The summed E-state index contributed by atoms with van der Waals surface area (Å²) in [5, 5.41) is 3.00. The molecule has 0 aliphatic heterocycles. The van der Waals surface area contributed by atoms with Crippen molar-refractivity contribution in [1.82, 2.24) is 9.97 Å². The molecule has 1 amide bonds. The van der Waals surface area contributed by atoms with Gasteiger partial charge in [-0.25, -0.2) is 18.7 Å². The van der Waals surface area contributed by atoms with E-state index in [1.807, 2.05) is 13.2 Å². The van der Waals surface area contributed by atoms with Crippen molar-refractivity contribution in [3.63, 3.8) is 0 Å². The van der Waals surface area contributed by atoms with Crippen molar-refractivity contribution in [1.29, 1.82) is 0 Å². The van der Waals surface area contributed by atoms with Crippen LogP contribution in [0.15, 0.2) is 29.6 Å². The third-order valence-electron chi connectivity index (χ3n) is 2.94. The number of hydrogen-bond donors (Lipinski definition) is 1. The number of nitrogens with one attached hydrogen (secondary N) is 1. The summed E-state index contributed by atoms with van der Waals surface area (Å²) in [6.45, 7) is 1.97. The fraction of sp³-hybridized carbons (Fsp3) is 0.267. The minimum Gasteiger partial charge on any atom is -0.319 e. The van der Waals surface area contributed by atoms with Gasteiger partial charge in [-0.2, -0.15) is 0 Å². The second-order valence-corrected chi connectivity index (χ2v) is 5.32. The molecule has 0 saturated heterocycles. The van der Waals surface area contributed by atoms with Crippen LogP contribution in [0.2, 0.25) is 0 Å². The highest BCUT2D eigenvalue weighted by molar-refractivity contribution is 7.98. The van der Waals surface area contributed by atoms with E-state index in [1.165, 1.54) is 24.0 Å². The molecule has 0 unspecified atom stereocenters. The predicted octanol–water partition coefficient (Wildman–Crippen LogP) is 3.68. The standard InChI is InChI=1S/C15H15F2N3OS/c1-3-4-12-10(8-18-15(20-12)22-2)14(21)19-13-6-5-9(16)7-11(13)17/h5-8H,3-4H2,1-2H3,(H,19,21). The van der Waals surface area contributed by atoms with E-state index < -0.39 is 17.5 Å². The summed E-state index contributed by atoms with van der Waals surface area (Å²) in [4.78, 5) is 20.7. The number of anilines is 1. The van der Waals surface area contributed by atoms with Gasteiger partial charge < -0.3 is 5.32 Å². The Morgan fingerprint density at radius 3 is 2.77 bits per heavy atom. The SMILES string of the molecule is CCCc1nc(SC)ncc1C(=O)Nc1ccc(F)cc1F. The minimum atomic E-state index is -0.827. The first kappa shape index (κ1) is 16.4. The lowest BCUT2D eigenvalue weighted by Gasteiger charge is -2.10. The first-order valence-electron chi connectivity index (χ1n) is 6.71. The molecule has 2 rings (SSSR count). The Hall–Kier alpha value is -2.02. The Morgan fingerprint density at radius 1 is 1.36 bits per heavy atom. The minimum absolute atomic E-state index is 0.0807. The van der Waals surface area contributed by atoms with Gasteiger partial charge in [0.25, 0.3) is 5.91 Å². The summed E-state index contributed by atoms with van der Waals surface area (Å²) in [5.41, 5.74) is 0.827. The van der Waals surface area contributed by atoms with Gasteiger partial charge in [-0.15, -0.1) is 0 Å². The van der Waals surface area contributed by atoms with E-state index in [0.29, 0.717) is 22.8 Å². The Labute approximate surface area is 131 Å². The van der Waals surface area contributed by atoms with Gasteiger partial charge >= 0.3 is 0 Å². The van der Waals surface area contributed by atoms with E-state index >= 15 is 0 Å². The summed E-state index contributed by atoms with van der Waals surface area (Å²) >= 11 is 1.38. The van der Waals surface area contributed by atoms with Crippen molar-refractivity contribution in [2.24, 2.45) is 0 Å². The lowest BCUT2D eigenvalue weighted by atomic mass is 10.1. The van der Waals surface area contributed by atoms with Crippen molar-refractivity contribution < 1.29 is 13.6 Å². The van der Waals surface area contributed by atoms with Crippen molar-refractivity contribution in [2.75, 3.05) is 11.6 Å². The molecule has 4 nitrogen and oxygen atoms in total. The molecule has 1 aromatic carbocycles. The van der Waals surface area contributed by atoms with Crippen LogP contribution in [-0.2, 0) is 6.42 Å². The summed E-state index contributed by atoms with van der Waals surface area (Å²) in [6.07, 6.45) is 4.71. The normalized spacial score (nSPS) is 10.5. The number of carbonyl (C=O) groups is 1. The molecule has 116 valence electrons. The number of aryl methyl sites for hydroxylation is 1. The van der Waals surface area contributed by atoms with E-state index in [1.54, 1.807) is 0 Å². The second-order valence-electron chi connectivity index (χ2n) is 4.55. The van der Waals surface area contributed by atoms with E-state index in [2.05, 4.69) is 15.3 Å². The maximum Gasteiger partial charge on any atom is 0.259 e. The fourth-order valence-corrected chi connectivity index (χ4v) is 2.25. The van der Waals surface area contributed by atoms with Crippen molar-refractivity contribution in [3.05, 3.63) is 47.3 Å². The average molecular weight is 323 g/mol. The molecule has 0 fully saturated rings. The van der Waals surface area contributed by atoms with Crippen LogP contribution >= 0.6 is 11.8 Å². The Morgan fingerprint density at radius 2 is 2.14 bits per heavy atom. The highest BCUT2D eigenvalue weighted by atomic mass is 32.2. The topological polar surface area (TPSA) is 54.9 Å². The highest BCUT2D eigenvalue weighted by Crippen LogP contribution is 2.18. The van der Waals surface area contributed by atoms with Gasteiger partial charge in [0.1, 0.15) is 11.6 Å². The molecule has 0 aliphatic rings. The van der Waals surface area contributed by atoms with Gasteiger partial charge in [0.15, 0.2) is 5.16 Å². The number of thioether (sulfide) groups is 1. The van der Waals surface area contributed by atoms with Gasteiger partial charge in [-0.05, 0) is 24.8 Å². The van der Waals surface area contributed by atoms with Crippen LogP contribution in [-0.4, -0.2) is 22.1 Å². The number of rotatable bonds is 5. The zero-order valence-electron chi connectivity index (χ0n) is 12.2. The summed E-state index contributed by atoms with van der Waals surface area (Å²) in [5.74, 6) is -2.04. The molecular formula is C15H15F2N3OS. The fourth-order valence-electron chi connectivity index (χ4n) is 1.89. The van der Waals surface area contributed by atoms with E-state index in [4.69, 9.17) is 0 Å². The van der Waals surface area contributed by atoms with Crippen LogP contribution in [0, 0.1) is 11.6 Å². The lowest BCUT2D eigenvalue weighted by Crippen LogP contribution is -2.17. The van der Waals surface area contributed by atoms with Crippen molar-refractivity contribution in [2.45, 2.75) is 24.9 Å². The molecule has 0 atom stereocenters. The largest absolute Gasteiger partial charge is 0.319 e. The van der Waals surface area contributed by atoms with E-state index in [-0.39, 0.29) is 5.69 Å². The van der Waals surface area contributed by atoms with Gasteiger partial charge in [0.05, 0.1) is 16.9 Å². The van der Waals surface area contributed by atoms with Crippen LogP contribution in [0.5, 0.6) is 0 Å². The van der Waals surface area contributed by atoms with Gasteiger partial charge in [-0.3, -0.25) is 4.79 Å². The van der Waals surface area contributed by atoms with Crippen molar-refractivity contribution in [3.8, 4) is 0 Å². The van der Waals surface area contributed by atoms with Gasteiger partial charge in [-0.1, -0.05) is 25.1 Å². The monoisotopic (exact) mass is 323 g/mol. The Balaban J connectivity index is 2.28. The Bertz CT molecular complexity index is 694. The summed E-state index contributed by atoms with van der Waals surface area (Å²) in [6, 6.07) is 2.98. The zero-order valence-corrected chi connectivity index (χ0v) is 13.0. The number of carbonyl (C=O) groups excluding carboxylic acids is 1. The van der Waals surface area contributed by atoms with Crippen LogP contribution in [0.25, 0.3) is 0 Å². The zero-order chi connectivity index (χ0) is 16.1. The molecule has 0 spiro atoms. The van der Waals surface area contributed by atoms with Crippen molar-refractivity contribution >= 4 is 23.4 Å². The quantitative estimate of drug-likeness (QED) is 0.673. The third-order valence-corrected chi connectivity index (χ3v) is 3.50. The molecule has 1 N–H and O–H groups in total. The second kappa shape index (κ2) is 7.31. The number of amides is 1. The number of benzene rings is 1. The molecule has 0 radical (unpaired) electrons. The number of nitrogens with zero attached hydrogens (tertiary/aromatic N) is 2. The van der Waals surface area contributed by atoms with Crippen LogP contribution < -0.4 is 5.32 Å². The van der Waals surface area contributed by atoms with Crippen LogP contribution in [0.4, 0.5) is 14.5 Å². The summed E-state index contributed by atoms with van der Waals surface area (Å²) < 4.78 is 26.5. The Kier molecular flexibility index (Phi) is 5.43. The molecule has 22 heavy (non-hydrogen) atoms. The third kappa shape index (κ3) is 3.79. The molecule has 1 aromatic heterocycles.